The molecule has 1 rings (SSSR count). The maximum absolute atomic E-state index is 10.5. The van der Waals surface area contributed by atoms with E-state index < -0.39 is 5.97 Å². The number of carbonyl (C=O) groups is 1. The summed E-state index contributed by atoms with van der Waals surface area (Å²) in [6, 6.07) is 0.248. The van der Waals surface area contributed by atoms with E-state index in [9.17, 15) is 4.79 Å². The number of nitrogens with zero attached hydrogens (tertiary/aromatic N) is 3. The molecule has 0 unspecified atom stereocenters. The summed E-state index contributed by atoms with van der Waals surface area (Å²) >= 11 is 0. The Morgan fingerprint density at radius 2 is 2.25 bits per heavy atom. The summed E-state index contributed by atoms with van der Waals surface area (Å²) in [7, 11) is 0. The summed E-state index contributed by atoms with van der Waals surface area (Å²) in [5, 5.41) is 12.4. The van der Waals surface area contributed by atoms with Crippen LogP contribution in [0.4, 0.5) is 0 Å². The van der Waals surface area contributed by atoms with Crippen LogP contribution in [0.25, 0.3) is 0 Å². The van der Waals surface area contributed by atoms with Gasteiger partial charge in [-0.25, -0.2) is 0 Å². The number of aryl methyl sites for hydroxylation is 1. The Morgan fingerprint density at radius 3 is 2.69 bits per heavy atom. The number of carboxylic acid groups (broad SMARTS) is 1. The van der Waals surface area contributed by atoms with Crippen LogP contribution >= 0.6 is 0 Å². The van der Waals surface area contributed by atoms with Crippen molar-refractivity contribution in [2.24, 2.45) is 0 Å². The van der Waals surface area contributed by atoms with Gasteiger partial charge in [0, 0.05) is 19.5 Å². The Labute approximate surface area is 94.3 Å². The van der Waals surface area contributed by atoms with Crippen molar-refractivity contribution in [2.75, 3.05) is 6.54 Å². The van der Waals surface area contributed by atoms with Crippen molar-refractivity contribution in [1.82, 2.24) is 15.0 Å². The average Bonchev–Trinajstić information content (AvgIpc) is 2.57. The summed E-state index contributed by atoms with van der Waals surface area (Å²) in [6.07, 6.45) is 0.120. The van der Waals surface area contributed by atoms with Gasteiger partial charge in [0.15, 0.2) is 5.82 Å². The fourth-order valence-electron chi connectivity index (χ4n) is 1.35. The largest absolute Gasteiger partial charge is 0.481 e. The van der Waals surface area contributed by atoms with Gasteiger partial charge in [-0.05, 0) is 13.8 Å². The molecule has 1 heterocycles. The smallest absolute Gasteiger partial charge is 0.304 e. The third-order valence-electron chi connectivity index (χ3n) is 2.26. The van der Waals surface area contributed by atoms with Crippen molar-refractivity contribution < 1.29 is 14.4 Å². The monoisotopic (exact) mass is 227 g/mol. The minimum absolute atomic E-state index is 0.120. The zero-order valence-electron chi connectivity index (χ0n) is 9.80. The molecule has 0 aliphatic carbocycles. The molecule has 0 aliphatic heterocycles. The molecule has 0 bridgehead atoms. The van der Waals surface area contributed by atoms with Gasteiger partial charge in [0.2, 0.25) is 5.89 Å². The highest BCUT2D eigenvalue weighted by molar-refractivity contribution is 5.66. The van der Waals surface area contributed by atoms with Crippen LogP contribution in [0.15, 0.2) is 4.52 Å². The van der Waals surface area contributed by atoms with Crippen LogP contribution in [0, 0.1) is 6.92 Å². The number of carboxylic acids is 1. The summed E-state index contributed by atoms with van der Waals surface area (Å²) in [6.45, 7) is 6.75. The van der Waals surface area contributed by atoms with Gasteiger partial charge in [-0.1, -0.05) is 5.16 Å². The highest BCUT2D eigenvalue weighted by Gasteiger charge is 2.14. The third kappa shape index (κ3) is 3.98. The van der Waals surface area contributed by atoms with E-state index in [1.807, 2.05) is 18.7 Å². The molecule has 0 saturated heterocycles. The van der Waals surface area contributed by atoms with E-state index in [1.54, 1.807) is 6.92 Å². The fraction of sp³-hybridized carbons (Fsp3) is 0.700. The van der Waals surface area contributed by atoms with E-state index >= 15 is 0 Å². The molecule has 90 valence electrons. The maximum atomic E-state index is 10.5. The van der Waals surface area contributed by atoms with Crippen LogP contribution in [0.5, 0.6) is 0 Å². The summed E-state index contributed by atoms with van der Waals surface area (Å²) in [5.41, 5.74) is 0. The van der Waals surface area contributed by atoms with Crippen LogP contribution in [0.3, 0.4) is 0 Å². The molecule has 0 aromatic carbocycles. The van der Waals surface area contributed by atoms with Gasteiger partial charge in [0.25, 0.3) is 0 Å². The normalized spacial score (nSPS) is 11.3. The molecule has 0 radical (unpaired) electrons. The molecular weight excluding hydrogens is 210 g/mol. The first-order valence-corrected chi connectivity index (χ1v) is 5.24. The summed E-state index contributed by atoms with van der Waals surface area (Å²) in [5.74, 6) is 0.323. The summed E-state index contributed by atoms with van der Waals surface area (Å²) in [4.78, 5) is 16.6. The number of rotatable bonds is 6. The minimum atomic E-state index is -0.796. The number of aromatic nitrogens is 2. The SMILES string of the molecule is Cc1nc(CN(CCC(=O)O)C(C)C)no1. The lowest BCUT2D eigenvalue weighted by atomic mass is 10.3. The van der Waals surface area contributed by atoms with Crippen molar-refractivity contribution in [3.05, 3.63) is 11.7 Å². The predicted molar refractivity (Wildman–Crippen MR) is 56.8 cm³/mol. The van der Waals surface area contributed by atoms with Crippen LogP contribution in [-0.2, 0) is 11.3 Å². The second-order valence-electron chi connectivity index (χ2n) is 3.94. The molecule has 0 fully saturated rings. The molecule has 0 aliphatic rings. The zero-order valence-corrected chi connectivity index (χ0v) is 9.80. The Balaban J connectivity index is 2.54. The molecule has 16 heavy (non-hydrogen) atoms. The van der Waals surface area contributed by atoms with Gasteiger partial charge >= 0.3 is 5.97 Å². The van der Waals surface area contributed by atoms with E-state index in [0.29, 0.717) is 24.8 Å². The zero-order chi connectivity index (χ0) is 12.1. The van der Waals surface area contributed by atoms with Crippen molar-refractivity contribution in [3.63, 3.8) is 0 Å². The van der Waals surface area contributed by atoms with Crippen molar-refractivity contribution in [1.29, 1.82) is 0 Å². The second-order valence-corrected chi connectivity index (χ2v) is 3.94. The van der Waals surface area contributed by atoms with Crippen LogP contribution < -0.4 is 0 Å². The Kier molecular flexibility index (Phi) is 4.42. The number of aliphatic carboxylic acids is 1. The van der Waals surface area contributed by atoms with E-state index in [-0.39, 0.29) is 12.5 Å². The molecular formula is C10H17N3O3. The minimum Gasteiger partial charge on any atom is -0.481 e. The molecule has 0 spiro atoms. The lowest BCUT2D eigenvalue weighted by Gasteiger charge is -2.23. The quantitative estimate of drug-likeness (QED) is 0.782. The standard InChI is InChI=1S/C10H17N3O3/c1-7(2)13(5-4-10(14)15)6-9-11-8(3)16-12-9/h7H,4-6H2,1-3H3,(H,14,15). The average molecular weight is 227 g/mol. The van der Waals surface area contributed by atoms with Crippen LogP contribution in [0.1, 0.15) is 32.0 Å². The topological polar surface area (TPSA) is 79.5 Å². The molecule has 0 atom stereocenters. The fourth-order valence-corrected chi connectivity index (χ4v) is 1.35. The van der Waals surface area contributed by atoms with Crippen LogP contribution in [-0.4, -0.2) is 38.7 Å². The molecule has 1 N–H and O–H groups in total. The molecule has 0 saturated carbocycles. The highest BCUT2D eigenvalue weighted by atomic mass is 16.5. The van der Waals surface area contributed by atoms with Gasteiger partial charge in [0.05, 0.1) is 13.0 Å². The first kappa shape index (κ1) is 12.6. The van der Waals surface area contributed by atoms with Crippen molar-refractivity contribution in [3.8, 4) is 0 Å². The number of hydrogen-bond acceptors (Lipinski definition) is 5. The Morgan fingerprint density at radius 1 is 1.56 bits per heavy atom. The number of hydrogen-bond donors (Lipinski definition) is 1. The Bertz CT molecular complexity index is 349. The Hall–Kier alpha value is -1.43. The third-order valence-corrected chi connectivity index (χ3v) is 2.26. The first-order chi connectivity index (χ1) is 7.49. The van der Waals surface area contributed by atoms with Crippen molar-refractivity contribution >= 4 is 5.97 Å². The summed E-state index contributed by atoms with van der Waals surface area (Å²) < 4.78 is 4.87. The molecule has 6 heteroatoms. The van der Waals surface area contributed by atoms with E-state index in [1.165, 1.54) is 0 Å². The van der Waals surface area contributed by atoms with Gasteiger partial charge in [0.1, 0.15) is 0 Å². The van der Waals surface area contributed by atoms with E-state index in [2.05, 4.69) is 10.1 Å². The molecule has 1 aromatic heterocycles. The van der Waals surface area contributed by atoms with Gasteiger partial charge < -0.3 is 9.63 Å². The first-order valence-electron chi connectivity index (χ1n) is 5.24. The highest BCUT2D eigenvalue weighted by Crippen LogP contribution is 2.06. The van der Waals surface area contributed by atoms with Gasteiger partial charge in [-0.15, -0.1) is 0 Å². The molecule has 0 amide bonds. The predicted octanol–water partition coefficient (Wildman–Crippen LogP) is 1.06. The van der Waals surface area contributed by atoms with Crippen molar-refractivity contribution in [2.45, 2.75) is 39.8 Å². The second kappa shape index (κ2) is 5.60. The lowest BCUT2D eigenvalue weighted by molar-refractivity contribution is -0.137. The lowest BCUT2D eigenvalue weighted by Crippen LogP contribution is -2.32. The maximum Gasteiger partial charge on any atom is 0.304 e. The molecule has 6 nitrogen and oxygen atoms in total. The van der Waals surface area contributed by atoms with Gasteiger partial charge in [-0.2, -0.15) is 4.98 Å². The molecule has 1 aromatic rings. The van der Waals surface area contributed by atoms with Gasteiger partial charge in [-0.3, -0.25) is 9.69 Å². The van der Waals surface area contributed by atoms with E-state index in [0.717, 1.165) is 0 Å². The van der Waals surface area contributed by atoms with E-state index in [4.69, 9.17) is 9.63 Å². The van der Waals surface area contributed by atoms with Crippen LogP contribution in [0.2, 0.25) is 0 Å².